The molecular formula is C22H29N3O3S. The molecule has 2 N–H and O–H groups in total. The Bertz CT molecular complexity index is 846. The Hall–Kier alpha value is -1.73. The normalized spacial score (nSPS) is 37.1. The van der Waals surface area contributed by atoms with Gasteiger partial charge in [-0.25, -0.2) is 4.79 Å². The van der Waals surface area contributed by atoms with Crippen molar-refractivity contribution in [1.29, 1.82) is 0 Å². The molecule has 4 aliphatic rings. The van der Waals surface area contributed by atoms with Crippen LogP contribution in [-0.4, -0.2) is 51.5 Å². The second-order valence-electron chi connectivity index (χ2n) is 9.22. The summed E-state index contributed by atoms with van der Waals surface area (Å²) < 4.78 is 0. The second kappa shape index (κ2) is 6.38. The highest BCUT2D eigenvalue weighted by Gasteiger charge is 2.77. The van der Waals surface area contributed by atoms with E-state index in [9.17, 15) is 14.7 Å². The van der Waals surface area contributed by atoms with E-state index >= 15 is 0 Å². The minimum absolute atomic E-state index is 0.219. The second-order valence-corrected chi connectivity index (χ2v) is 10.6. The minimum Gasteiger partial charge on any atom is -0.367 e. The van der Waals surface area contributed by atoms with E-state index in [1.54, 1.807) is 25.9 Å². The molecule has 0 aromatic heterocycles. The van der Waals surface area contributed by atoms with E-state index < -0.39 is 22.0 Å². The number of urea groups is 1. The van der Waals surface area contributed by atoms with Gasteiger partial charge in [0.05, 0.1) is 0 Å². The van der Waals surface area contributed by atoms with Crippen molar-refractivity contribution in [2.45, 2.75) is 66.9 Å². The molecule has 1 aromatic rings. The minimum atomic E-state index is -1.58. The van der Waals surface area contributed by atoms with Crippen molar-refractivity contribution in [2.75, 3.05) is 19.4 Å². The monoisotopic (exact) mass is 415 g/mol. The van der Waals surface area contributed by atoms with Crippen LogP contribution in [-0.2, 0) is 4.79 Å². The van der Waals surface area contributed by atoms with Gasteiger partial charge >= 0.3 is 6.03 Å². The van der Waals surface area contributed by atoms with Crippen molar-refractivity contribution < 1.29 is 14.7 Å². The molecule has 7 heteroatoms. The van der Waals surface area contributed by atoms with Crippen LogP contribution < -0.4 is 5.32 Å². The highest BCUT2D eigenvalue weighted by atomic mass is 32.2. The molecule has 0 bridgehead atoms. The zero-order valence-electron chi connectivity index (χ0n) is 17.1. The number of carbonyl (C=O) groups excluding carboxylic acids is 2. The summed E-state index contributed by atoms with van der Waals surface area (Å²) in [6, 6.07) is 7.55. The quantitative estimate of drug-likeness (QED) is 0.767. The van der Waals surface area contributed by atoms with Gasteiger partial charge in [0.25, 0.3) is 0 Å². The topological polar surface area (TPSA) is 72.9 Å². The molecule has 2 aliphatic heterocycles. The molecule has 0 radical (unpaired) electrons. The van der Waals surface area contributed by atoms with Gasteiger partial charge in [0.15, 0.2) is 5.72 Å². The number of rotatable bonds is 2. The lowest BCUT2D eigenvalue weighted by molar-refractivity contribution is -0.201. The molecule has 2 saturated carbocycles. The summed E-state index contributed by atoms with van der Waals surface area (Å²) in [6.45, 7) is 0. The molecule has 3 amide bonds. The molecule has 0 unspecified atom stereocenters. The number of nitrogens with zero attached hydrogens (tertiary/aromatic N) is 2. The van der Waals surface area contributed by atoms with Gasteiger partial charge in [-0.15, -0.1) is 0 Å². The van der Waals surface area contributed by atoms with Crippen molar-refractivity contribution in [1.82, 2.24) is 9.80 Å². The summed E-state index contributed by atoms with van der Waals surface area (Å²) >= 11 is 1.57. The van der Waals surface area contributed by atoms with Gasteiger partial charge in [0.1, 0.15) is 10.3 Å². The number of imide groups is 1. The van der Waals surface area contributed by atoms with E-state index in [4.69, 9.17) is 0 Å². The average Bonchev–Trinajstić information content (AvgIpc) is 3.24. The lowest BCUT2D eigenvalue weighted by Crippen LogP contribution is -2.77. The fraction of sp³-hybridized carbons (Fsp3) is 0.636. The Morgan fingerprint density at radius 2 is 1.86 bits per heavy atom. The largest absolute Gasteiger partial charge is 0.367 e. The Balaban J connectivity index is 1.62. The third kappa shape index (κ3) is 2.34. The maximum absolute atomic E-state index is 13.7. The number of anilines is 1. The first kappa shape index (κ1) is 19.2. The Morgan fingerprint density at radius 1 is 1.14 bits per heavy atom. The van der Waals surface area contributed by atoms with Gasteiger partial charge in [-0.05, 0) is 37.3 Å². The van der Waals surface area contributed by atoms with Crippen LogP contribution in [0.5, 0.6) is 0 Å². The Kier molecular flexibility index (Phi) is 4.24. The molecule has 29 heavy (non-hydrogen) atoms. The van der Waals surface area contributed by atoms with Gasteiger partial charge in [-0.3, -0.25) is 14.6 Å². The zero-order valence-corrected chi connectivity index (χ0v) is 17.9. The van der Waals surface area contributed by atoms with Crippen molar-refractivity contribution in [3.63, 3.8) is 0 Å². The maximum Gasteiger partial charge on any atom is 0.328 e. The predicted octanol–water partition coefficient (Wildman–Crippen LogP) is 3.86. The number of thioether (sulfide) groups is 1. The number of likely N-dealkylation sites (N-methyl/N-ethyl adjacent to an activating group) is 1. The Morgan fingerprint density at radius 3 is 2.59 bits per heavy atom. The van der Waals surface area contributed by atoms with Crippen molar-refractivity contribution in [2.24, 2.45) is 11.3 Å². The smallest absolute Gasteiger partial charge is 0.328 e. The number of aliphatic hydroxyl groups is 1. The van der Waals surface area contributed by atoms with Crippen molar-refractivity contribution in [3.8, 4) is 0 Å². The number of hydrogen-bond donors (Lipinski definition) is 2. The first-order chi connectivity index (χ1) is 13.8. The third-order valence-electron chi connectivity index (χ3n) is 7.78. The van der Waals surface area contributed by atoms with Gasteiger partial charge in [0, 0.05) is 24.7 Å². The number of amides is 3. The predicted molar refractivity (Wildman–Crippen MR) is 112 cm³/mol. The molecule has 2 aliphatic carbocycles. The Labute approximate surface area is 176 Å². The molecule has 2 heterocycles. The highest BCUT2D eigenvalue weighted by molar-refractivity contribution is 8.01. The fourth-order valence-corrected chi connectivity index (χ4v) is 7.91. The average molecular weight is 416 g/mol. The zero-order chi connectivity index (χ0) is 20.4. The summed E-state index contributed by atoms with van der Waals surface area (Å²) in [5.74, 6) is 0.196. The van der Waals surface area contributed by atoms with Crippen LogP contribution in [0.3, 0.4) is 0 Å². The van der Waals surface area contributed by atoms with Crippen LogP contribution in [0.2, 0.25) is 0 Å². The first-order valence-corrected chi connectivity index (χ1v) is 11.5. The summed E-state index contributed by atoms with van der Waals surface area (Å²) in [7, 11) is 3.21. The van der Waals surface area contributed by atoms with E-state index in [2.05, 4.69) is 5.32 Å². The number of carbonyl (C=O) groups is 2. The van der Waals surface area contributed by atoms with E-state index in [-0.39, 0.29) is 5.91 Å². The highest BCUT2D eigenvalue weighted by Crippen LogP contribution is 2.67. The van der Waals surface area contributed by atoms with Crippen LogP contribution >= 0.6 is 11.8 Å². The molecule has 1 spiro atoms. The number of nitrogens with one attached hydrogen (secondary N) is 1. The first-order valence-electron chi connectivity index (χ1n) is 10.7. The van der Waals surface area contributed by atoms with Gasteiger partial charge in [-0.2, -0.15) is 0 Å². The molecule has 5 rings (SSSR count). The van der Waals surface area contributed by atoms with Gasteiger partial charge in [-0.1, -0.05) is 56.0 Å². The molecule has 1 saturated heterocycles. The summed E-state index contributed by atoms with van der Waals surface area (Å²) in [5, 5.41) is 16.0. The van der Waals surface area contributed by atoms with Crippen LogP contribution in [0.15, 0.2) is 29.2 Å². The molecule has 1 aromatic carbocycles. The van der Waals surface area contributed by atoms with Crippen LogP contribution in [0.1, 0.15) is 51.4 Å². The fourth-order valence-electron chi connectivity index (χ4n) is 6.32. The SMILES string of the molecule is CN1C(=O)N(C)[C@]2(O)[C@@](CC3CCCCC3)(CC[C@@]23Nc2ccccc2S3)C1=O. The number of para-hydroxylation sites is 1. The van der Waals surface area contributed by atoms with E-state index in [1.165, 1.54) is 29.1 Å². The van der Waals surface area contributed by atoms with Gasteiger partial charge in [0.2, 0.25) is 5.91 Å². The van der Waals surface area contributed by atoms with Crippen LogP contribution in [0.4, 0.5) is 10.5 Å². The standard InChI is InChI=1S/C22H29N3O3S/c1-24-18(26)20(14-15-8-4-3-5-9-15)12-13-21(22(20,28)25(2)19(24)27)23-16-10-6-7-11-17(16)29-21/h6-7,10-11,15,23,28H,3-5,8-9,12-14H2,1-2H3/t20-,21+,22+/m1/s1. The molecule has 3 fully saturated rings. The molecule has 6 nitrogen and oxygen atoms in total. The van der Waals surface area contributed by atoms with Crippen molar-refractivity contribution >= 4 is 29.4 Å². The molecule has 3 atom stereocenters. The van der Waals surface area contributed by atoms with E-state index in [0.29, 0.717) is 25.2 Å². The number of benzene rings is 1. The van der Waals surface area contributed by atoms with Crippen LogP contribution in [0, 0.1) is 11.3 Å². The van der Waals surface area contributed by atoms with Crippen LogP contribution in [0.25, 0.3) is 0 Å². The number of fused-ring (bicyclic) bond motifs is 3. The van der Waals surface area contributed by atoms with Crippen molar-refractivity contribution in [3.05, 3.63) is 24.3 Å². The summed E-state index contributed by atoms with van der Waals surface area (Å²) in [5.41, 5.74) is -1.59. The lowest BCUT2D eigenvalue weighted by atomic mass is 9.66. The summed E-state index contributed by atoms with van der Waals surface area (Å²) in [6.07, 6.45) is 7.66. The lowest BCUT2D eigenvalue weighted by Gasteiger charge is -2.57. The third-order valence-corrected chi connectivity index (χ3v) is 9.29. The van der Waals surface area contributed by atoms with E-state index in [0.717, 1.165) is 23.4 Å². The van der Waals surface area contributed by atoms with Gasteiger partial charge < -0.3 is 10.4 Å². The molecule has 156 valence electrons. The molecular weight excluding hydrogens is 386 g/mol. The number of hydrogen-bond acceptors (Lipinski definition) is 5. The van der Waals surface area contributed by atoms with E-state index in [1.807, 2.05) is 24.3 Å². The maximum atomic E-state index is 13.7. The summed E-state index contributed by atoms with van der Waals surface area (Å²) in [4.78, 5) is 29.5.